The summed E-state index contributed by atoms with van der Waals surface area (Å²) in [6, 6.07) is 5.86. The first-order valence-corrected chi connectivity index (χ1v) is 6.19. The Morgan fingerprint density at radius 2 is 1.87 bits per heavy atom. The minimum atomic E-state index is -3.08. The van der Waals surface area contributed by atoms with Crippen LogP contribution in [0, 0.1) is 0 Å². The summed E-state index contributed by atoms with van der Waals surface area (Å²) in [4.78, 5) is 10.5. The highest BCUT2D eigenvalue weighted by molar-refractivity contribution is 7.90. The van der Waals surface area contributed by atoms with Crippen molar-refractivity contribution in [2.75, 3.05) is 17.4 Å². The van der Waals surface area contributed by atoms with Gasteiger partial charge in [0.25, 0.3) is 0 Å². The molecule has 0 bridgehead atoms. The van der Waals surface area contributed by atoms with Crippen LogP contribution < -0.4 is 5.32 Å². The van der Waals surface area contributed by atoms with Crippen LogP contribution >= 0.6 is 0 Å². The summed E-state index contributed by atoms with van der Waals surface area (Å²) in [5.41, 5.74) is 0.741. The number of carbonyl (C=O) groups is 1. The van der Waals surface area contributed by atoms with E-state index in [-0.39, 0.29) is 11.4 Å². The zero-order valence-electron chi connectivity index (χ0n) is 8.10. The Balaban J connectivity index is 2.69. The minimum absolute atomic E-state index is 0.167. The van der Waals surface area contributed by atoms with Gasteiger partial charge >= 0.3 is 5.97 Å². The van der Waals surface area contributed by atoms with Gasteiger partial charge in [0.2, 0.25) is 0 Å². The lowest BCUT2D eigenvalue weighted by molar-refractivity contribution is 0.0697. The normalized spacial score (nSPS) is 11.0. The monoisotopic (exact) mass is 229 g/mol. The van der Waals surface area contributed by atoms with Crippen molar-refractivity contribution in [2.24, 2.45) is 0 Å². The van der Waals surface area contributed by atoms with E-state index in [0.29, 0.717) is 5.69 Å². The molecule has 0 aromatic heterocycles. The van der Waals surface area contributed by atoms with E-state index < -0.39 is 15.8 Å². The Labute approximate surface area is 87.7 Å². The van der Waals surface area contributed by atoms with E-state index in [2.05, 4.69) is 5.32 Å². The Hall–Kier alpha value is -1.56. The maximum atomic E-state index is 10.8. The molecule has 1 rings (SSSR count). The Bertz CT molecular complexity index is 450. The van der Waals surface area contributed by atoms with Crippen LogP contribution in [-0.4, -0.2) is 31.6 Å². The van der Waals surface area contributed by atoms with Crippen molar-refractivity contribution in [1.29, 1.82) is 0 Å². The molecule has 0 atom stereocenters. The lowest BCUT2D eigenvalue weighted by atomic mass is 10.2. The maximum absolute atomic E-state index is 10.8. The molecule has 0 spiro atoms. The van der Waals surface area contributed by atoms with Gasteiger partial charge in [-0.3, -0.25) is 0 Å². The predicted octanol–water partition coefficient (Wildman–Crippen LogP) is 0.799. The Kier molecular flexibility index (Phi) is 3.31. The molecule has 1 aromatic carbocycles. The maximum Gasteiger partial charge on any atom is 0.335 e. The van der Waals surface area contributed by atoms with E-state index in [1.165, 1.54) is 24.3 Å². The van der Waals surface area contributed by atoms with Gasteiger partial charge in [0.1, 0.15) is 5.88 Å². The van der Waals surface area contributed by atoms with Crippen LogP contribution in [0.4, 0.5) is 5.69 Å². The summed E-state index contributed by atoms with van der Waals surface area (Å²) in [5, 5.41) is 11.3. The van der Waals surface area contributed by atoms with E-state index in [1.807, 2.05) is 0 Å². The Morgan fingerprint density at radius 3 is 2.27 bits per heavy atom. The van der Waals surface area contributed by atoms with Gasteiger partial charge in [-0.25, -0.2) is 13.2 Å². The molecule has 82 valence electrons. The summed E-state index contributed by atoms with van der Waals surface area (Å²) in [6.45, 7) is 0. The largest absolute Gasteiger partial charge is 0.478 e. The van der Waals surface area contributed by atoms with Gasteiger partial charge in [-0.15, -0.1) is 0 Å². The first kappa shape index (κ1) is 11.5. The average molecular weight is 229 g/mol. The molecule has 0 aliphatic rings. The van der Waals surface area contributed by atoms with Crippen molar-refractivity contribution in [1.82, 2.24) is 0 Å². The van der Waals surface area contributed by atoms with Crippen LogP contribution in [-0.2, 0) is 9.84 Å². The third-order valence-electron chi connectivity index (χ3n) is 1.67. The molecule has 0 saturated heterocycles. The summed E-state index contributed by atoms with van der Waals surface area (Å²) >= 11 is 0. The van der Waals surface area contributed by atoms with Gasteiger partial charge in [-0.2, -0.15) is 0 Å². The average Bonchev–Trinajstić information content (AvgIpc) is 2.14. The molecule has 0 heterocycles. The predicted molar refractivity (Wildman–Crippen MR) is 56.7 cm³/mol. The highest BCUT2D eigenvalue weighted by Gasteiger charge is 2.03. The number of sulfone groups is 1. The van der Waals surface area contributed by atoms with Crippen LogP contribution in [0.1, 0.15) is 10.4 Å². The molecule has 0 saturated carbocycles. The van der Waals surface area contributed by atoms with Crippen molar-refractivity contribution >= 4 is 21.5 Å². The Morgan fingerprint density at radius 1 is 1.33 bits per heavy atom. The highest BCUT2D eigenvalue weighted by atomic mass is 32.2. The first-order chi connectivity index (χ1) is 6.88. The van der Waals surface area contributed by atoms with Gasteiger partial charge in [0.15, 0.2) is 9.84 Å². The van der Waals surface area contributed by atoms with E-state index in [0.717, 1.165) is 6.26 Å². The summed E-state index contributed by atoms with van der Waals surface area (Å²) in [6.07, 6.45) is 1.12. The van der Waals surface area contributed by atoms with Gasteiger partial charge < -0.3 is 10.4 Å². The molecule has 15 heavy (non-hydrogen) atoms. The van der Waals surface area contributed by atoms with Gasteiger partial charge in [-0.1, -0.05) is 0 Å². The number of aromatic carboxylic acids is 1. The fourth-order valence-corrected chi connectivity index (χ4v) is 1.37. The lowest BCUT2D eigenvalue weighted by Gasteiger charge is -2.04. The van der Waals surface area contributed by atoms with Gasteiger partial charge in [-0.05, 0) is 24.3 Å². The van der Waals surface area contributed by atoms with Crippen LogP contribution in [0.15, 0.2) is 24.3 Å². The molecule has 0 fully saturated rings. The van der Waals surface area contributed by atoms with Crippen molar-refractivity contribution in [3.8, 4) is 0 Å². The number of rotatable bonds is 4. The standard InChI is InChI=1S/C9H11NO4S/c1-15(13,14)6-10-8-4-2-7(3-5-8)9(11)12/h2-5,10H,6H2,1H3,(H,11,12). The lowest BCUT2D eigenvalue weighted by Crippen LogP contribution is -2.12. The molecule has 5 nitrogen and oxygen atoms in total. The number of carboxylic acid groups (broad SMARTS) is 1. The second-order valence-corrected chi connectivity index (χ2v) is 5.27. The third-order valence-corrected chi connectivity index (χ3v) is 2.34. The number of anilines is 1. The van der Waals surface area contributed by atoms with Crippen molar-refractivity contribution in [2.45, 2.75) is 0 Å². The zero-order chi connectivity index (χ0) is 11.5. The van der Waals surface area contributed by atoms with E-state index in [4.69, 9.17) is 5.11 Å². The summed E-state index contributed by atoms with van der Waals surface area (Å²) in [7, 11) is -3.08. The third kappa shape index (κ3) is 3.99. The number of benzene rings is 1. The van der Waals surface area contributed by atoms with Crippen LogP contribution in [0.2, 0.25) is 0 Å². The van der Waals surface area contributed by atoms with Crippen molar-refractivity contribution < 1.29 is 18.3 Å². The molecule has 2 N–H and O–H groups in total. The zero-order valence-corrected chi connectivity index (χ0v) is 8.91. The SMILES string of the molecule is CS(=O)(=O)CNc1ccc(C(=O)O)cc1. The fraction of sp³-hybridized carbons (Fsp3) is 0.222. The smallest absolute Gasteiger partial charge is 0.335 e. The first-order valence-electron chi connectivity index (χ1n) is 4.13. The summed E-state index contributed by atoms with van der Waals surface area (Å²) < 4.78 is 21.6. The molecule has 0 amide bonds. The van der Waals surface area contributed by atoms with Gasteiger partial charge in [0.05, 0.1) is 5.56 Å². The number of hydrogen-bond acceptors (Lipinski definition) is 4. The second-order valence-electron chi connectivity index (χ2n) is 3.13. The number of carboxylic acids is 1. The second kappa shape index (κ2) is 4.31. The van der Waals surface area contributed by atoms with Crippen molar-refractivity contribution in [3.05, 3.63) is 29.8 Å². The number of nitrogens with one attached hydrogen (secondary N) is 1. The molecular weight excluding hydrogens is 218 g/mol. The molecule has 0 aliphatic carbocycles. The van der Waals surface area contributed by atoms with Crippen LogP contribution in [0.25, 0.3) is 0 Å². The van der Waals surface area contributed by atoms with E-state index >= 15 is 0 Å². The van der Waals surface area contributed by atoms with Crippen molar-refractivity contribution in [3.63, 3.8) is 0 Å². The minimum Gasteiger partial charge on any atom is -0.478 e. The molecule has 1 aromatic rings. The molecule has 0 unspecified atom stereocenters. The van der Waals surface area contributed by atoms with E-state index in [1.54, 1.807) is 0 Å². The van der Waals surface area contributed by atoms with Crippen LogP contribution in [0.3, 0.4) is 0 Å². The fourth-order valence-electron chi connectivity index (χ4n) is 0.945. The molecule has 0 aliphatic heterocycles. The molecular formula is C9H11NO4S. The van der Waals surface area contributed by atoms with Crippen LogP contribution in [0.5, 0.6) is 0 Å². The van der Waals surface area contributed by atoms with Gasteiger partial charge in [0, 0.05) is 11.9 Å². The number of hydrogen-bond donors (Lipinski definition) is 2. The van der Waals surface area contributed by atoms with E-state index in [9.17, 15) is 13.2 Å². The molecule has 6 heteroatoms. The molecule has 0 radical (unpaired) electrons. The highest BCUT2D eigenvalue weighted by Crippen LogP contribution is 2.09. The summed E-state index contributed by atoms with van der Waals surface area (Å²) in [5.74, 6) is -1.18. The quantitative estimate of drug-likeness (QED) is 0.797. The topological polar surface area (TPSA) is 83.5 Å².